The van der Waals surface area contributed by atoms with Crippen molar-refractivity contribution < 1.29 is 4.74 Å². The summed E-state index contributed by atoms with van der Waals surface area (Å²) in [6, 6.07) is 14.2. The van der Waals surface area contributed by atoms with Crippen LogP contribution in [-0.2, 0) is 6.61 Å². The SMILES string of the molecule is Cc1ccc(C)c(COc2ccc(C#CCCl)cc2)c1. The quantitative estimate of drug-likeness (QED) is 0.597. The molecule has 102 valence electrons. The first-order valence-electron chi connectivity index (χ1n) is 6.53. The number of ether oxygens (including phenoxy) is 1. The monoisotopic (exact) mass is 284 g/mol. The van der Waals surface area contributed by atoms with Crippen LogP contribution in [0.25, 0.3) is 0 Å². The zero-order valence-corrected chi connectivity index (χ0v) is 12.5. The van der Waals surface area contributed by atoms with E-state index < -0.39 is 0 Å². The molecule has 2 heteroatoms. The molecule has 0 bridgehead atoms. The molecule has 0 aromatic heterocycles. The van der Waals surface area contributed by atoms with Crippen molar-refractivity contribution in [2.24, 2.45) is 0 Å². The fourth-order valence-electron chi connectivity index (χ4n) is 1.89. The van der Waals surface area contributed by atoms with Crippen molar-refractivity contribution in [2.75, 3.05) is 5.88 Å². The van der Waals surface area contributed by atoms with Crippen molar-refractivity contribution in [3.63, 3.8) is 0 Å². The minimum absolute atomic E-state index is 0.352. The van der Waals surface area contributed by atoms with E-state index in [9.17, 15) is 0 Å². The predicted molar refractivity (Wildman–Crippen MR) is 84.3 cm³/mol. The van der Waals surface area contributed by atoms with E-state index in [0.717, 1.165) is 11.3 Å². The number of halogens is 1. The molecule has 0 amide bonds. The molecular weight excluding hydrogens is 268 g/mol. The normalized spacial score (nSPS) is 9.75. The summed E-state index contributed by atoms with van der Waals surface area (Å²) in [4.78, 5) is 0. The summed E-state index contributed by atoms with van der Waals surface area (Å²) in [5.41, 5.74) is 4.67. The Labute approximate surface area is 125 Å². The zero-order valence-electron chi connectivity index (χ0n) is 11.7. The minimum atomic E-state index is 0.352. The Kier molecular flexibility index (Phi) is 5.09. The van der Waals surface area contributed by atoms with Crippen LogP contribution in [0.4, 0.5) is 0 Å². The van der Waals surface area contributed by atoms with Gasteiger partial charge in [0, 0.05) is 5.56 Å². The van der Waals surface area contributed by atoms with E-state index in [1.165, 1.54) is 16.7 Å². The highest BCUT2D eigenvalue weighted by Crippen LogP contribution is 2.16. The van der Waals surface area contributed by atoms with Gasteiger partial charge >= 0.3 is 0 Å². The summed E-state index contributed by atoms with van der Waals surface area (Å²) in [5, 5.41) is 0. The molecule has 0 unspecified atom stereocenters. The van der Waals surface area contributed by atoms with E-state index in [4.69, 9.17) is 16.3 Å². The highest BCUT2D eigenvalue weighted by molar-refractivity contribution is 6.19. The van der Waals surface area contributed by atoms with E-state index in [1.54, 1.807) is 0 Å². The molecule has 0 N–H and O–H groups in total. The molecule has 0 radical (unpaired) electrons. The van der Waals surface area contributed by atoms with Crippen molar-refractivity contribution in [3.8, 4) is 17.6 Å². The van der Waals surface area contributed by atoms with E-state index in [2.05, 4.69) is 43.9 Å². The fourth-order valence-corrected chi connectivity index (χ4v) is 1.95. The van der Waals surface area contributed by atoms with Gasteiger partial charge in [0.2, 0.25) is 0 Å². The second-order valence-corrected chi connectivity index (χ2v) is 4.95. The lowest BCUT2D eigenvalue weighted by molar-refractivity contribution is 0.305. The van der Waals surface area contributed by atoms with Crippen LogP contribution in [0.5, 0.6) is 5.75 Å². The summed E-state index contributed by atoms with van der Waals surface area (Å²) in [7, 11) is 0. The number of hydrogen-bond donors (Lipinski definition) is 0. The third-order valence-corrected chi connectivity index (χ3v) is 3.19. The van der Waals surface area contributed by atoms with Crippen LogP contribution in [0.1, 0.15) is 22.3 Å². The van der Waals surface area contributed by atoms with Gasteiger partial charge in [0.25, 0.3) is 0 Å². The number of rotatable bonds is 3. The van der Waals surface area contributed by atoms with Crippen molar-refractivity contribution >= 4 is 11.6 Å². The molecule has 0 aliphatic carbocycles. The Balaban J connectivity index is 2.02. The van der Waals surface area contributed by atoms with Crippen LogP contribution >= 0.6 is 11.6 Å². The smallest absolute Gasteiger partial charge is 0.119 e. The lowest BCUT2D eigenvalue weighted by Crippen LogP contribution is -1.98. The molecule has 1 nitrogen and oxygen atoms in total. The Hall–Kier alpha value is -1.91. The maximum atomic E-state index is 5.81. The van der Waals surface area contributed by atoms with Crippen LogP contribution in [0.15, 0.2) is 42.5 Å². The third kappa shape index (κ3) is 4.05. The van der Waals surface area contributed by atoms with Gasteiger partial charge < -0.3 is 4.74 Å². The molecule has 0 fully saturated rings. The highest BCUT2D eigenvalue weighted by atomic mass is 35.5. The average molecular weight is 285 g/mol. The molecule has 0 aliphatic rings. The van der Waals surface area contributed by atoms with Gasteiger partial charge in [0.15, 0.2) is 0 Å². The number of aryl methyl sites for hydroxylation is 2. The lowest BCUT2D eigenvalue weighted by Gasteiger charge is -2.09. The van der Waals surface area contributed by atoms with Gasteiger partial charge in [-0.3, -0.25) is 0 Å². The Morgan fingerprint density at radius 3 is 2.50 bits per heavy atom. The molecule has 2 aromatic rings. The van der Waals surface area contributed by atoms with Crippen molar-refractivity contribution in [3.05, 3.63) is 64.7 Å². The van der Waals surface area contributed by atoms with Crippen molar-refractivity contribution in [2.45, 2.75) is 20.5 Å². The maximum absolute atomic E-state index is 5.81. The molecule has 2 aromatic carbocycles. The third-order valence-electron chi connectivity index (χ3n) is 3.05. The van der Waals surface area contributed by atoms with Crippen molar-refractivity contribution in [1.29, 1.82) is 0 Å². The fraction of sp³-hybridized carbons (Fsp3) is 0.222. The first-order chi connectivity index (χ1) is 9.69. The first-order valence-corrected chi connectivity index (χ1v) is 7.06. The second kappa shape index (κ2) is 7.03. The molecular formula is C18H17ClO. The Morgan fingerprint density at radius 2 is 1.80 bits per heavy atom. The van der Waals surface area contributed by atoms with E-state index in [1.807, 2.05) is 24.3 Å². The maximum Gasteiger partial charge on any atom is 0.119 e. The number of benzene rings is 2. The van der Waals surface area contributed by atoms with Crippen LogP contribution in [0.2, 0.25) is 0 Å². The summed E-state index contributed by atoms with van der Waals surface area (Å²) >= 11 is 5.53. The number of hydrogen-bond acceptors (Lipinski definition) is 1. The van der Waals surface area contributed by atoms with Crippen LogP contribution in [-0.4, -0.2) is 5.88 Å². The Morgan fingerprint density at radius 1 is 1.05 bits per heavy atom. The van der Waals surface area contributed by atoms with Gasteiger partial charge in [-0.1, -0.05) is 35.6 Å². The summed E-state index contributed by atoms with van der Waals surface area (Å²) in [6.07, 6.45) is 0. The predicted octanol–water partition coefficient (Wildman–Crippen LogP) is 4.47. The van der Waals surface area contributed by atoms with E-state index in [-0.39, 0.29) is 0 Å². The van der Waals surface area contributed by atoms with Gasteiger partial charge in [-0.15, -0.1) is 11.6 Å². The van der Waals surface area contributed by atoms with Crippen LogP contribution < -0.4 is 4.74 Å². The lowest BCUT2D eigenvalue weighted by atomic mass is 10.1. The zero-order chi connectivity index (χ0) is 14.4. The summed E-state index contributed by atoms with van der Waals surface area (Å²) < 4.78 is 5.81. The molecule has 20 heavy (non-hydrogen) atoms. The summed E-state index contributed by atoms with van der Waals surface area (Å²) in [5.74, 6) is 7.01. The molecule has 0 heterocycles. The molecule has 0 aliphatic heterocycles. The topological polar surface area (TPSA) is 9.23 Å². The number of alkyl halides is 1. The van der Waals surface area contributed by atoms with Crippen LogP contribution in [0, 0.1) is 25.7 Å². The van der Waals surface area contributed by atoms with Crippen LogP contribution in [0.3, 0.4) is 0 Å². The summed E-state index contributed by atoms with van der Waals surface area (Å²) in [6.45, 7) is 4.77. The van der Waals surface area contributed by atoms with Crippen molar-refractivity contribution in [1.82, 2.24) is 0 Å². The van der Waals surface area contributed by atoms with E-state index >= 15 is 0 Å². The molecule has 0 atom stereocenters. The second-order valence-electron chi connectivity index (χ2n) is 4.68. The molecule has 0 saturated carbocycles. The van der Waals surface area contributed by atoms with Gasteiger partial charge in [-0.05, 0) is 49.2 Å². The van der Waals surface area contributed by atoms with Gasteiger partial charge in [-0.25, -0.2) is 0 Å². The highest BCUT2D eigenvalue weighted by Gasteiger charge is 2.00. The molecule has 2 rings (SSSR count). The molecule has 0 spiro atoms. The average Bonchev–Trinajstić information content (AvgIpc) is 2.47. The van der Waals surface area contributed by atoms with Gasteiger partial charge in [-0.2, -0.15) is 0 Å². The molecule has 0 saturated heterocycles. The Bertz CT molecular complexity index is 633. The van der Waals surface area contributed by atoms with Gasteiger partial charge in [0.05, 0.1) is 5.88 Å². The minimum Gasteiger partial charge on any atom is -0.489 e. The van der Waals surface area contributed by atoms with E-state index in [0.29, 0.717) is 12.5 Å². The standard InChI is InChI=1S/C18H17ClO/c1-14-5-6-15(2)17(12-14)13-20-18-9-7-16(8-10-18)4-3-11-19/h5-10,12H,11,13H2,1-2H3. The first kappa shape index (κ1) is 14.5. The largest absolute Gasteiger partial charge is 0.489 e. The van der Waals surface area contributed by atoms with Gasteiger partial charge in [0.1, 0.15) is 12.4 Å².